The van der Waals surface area contributed by atoms with Crippen LogP contribution in [0.4, 0.5) is 0 Å². The summed E-state index contributed by atoms with van der Waals surface area (Å²) in [5.74, 6) is 0.891. The second kappa shape index (κ2) is 4.52. The summed E-state index contributed by atoms with van der Waals surface area (Å²) in [5.41, 5.74) is 5.52. The second-order valence-electron chi connectivity index (χ2n) is 3.60. The number of fused-ring (bicyclic) bond motifs is 1. The van der Waals surface area contributed by atoms with Gasteiger partial charge in [-0.3, -0.25) is 0 Å². The molecule has 5 nitrogen and oxygen atoms in total. The Morgan fingerprint density at radius 1 is 1.35 bits per heavy atom. The summed E-state index contributed by atoms with van der Waals surface area (Å²) in [6.45, 7) is 0.615. The highest BCUT2D eigenvalue weighted by molar-refractivity contribution is 7.16. The van der Waals surface area contributed by atoms with Gasteiger partial charge in [-0.05, 0) is 18.0 Å². The highest BCUT2D eigenvalue weighted by atomic mass is 32.1. The maximum atomic E-state index is 5.52. The molecule has 7 heteroatoms. The minimum Gasteiger partial charge on any atom is -0.330 e. The maximum Gasteiger partial charge on any atom is 0.234 e. The lowest BCUT2D eigenvalue weighted by Gasteiger charge is -1.93. The van der Waals surface area contributed by atoms with E-state index >= 15 is 0 Å². The molecule has 0 bridgehead atoms. The largest absolute Gasteiger partial charge is 0.330 e. The summed E-state index contributed by atoms with van der Waals surface area (Å²) < 4.78 is 1.83. The van der Waals surface area contributed by atoms with Crippen LogP contribution in [0.2, 0.25) is 0 Å². The third-order valence-electron chi connectivity index (χ3n) is 2.37. The number of nitrogens with zero attached hydrogens (tertiary/aromatic N) is 4. The summed E-state index contributed by atoms with van der Waals surface area (Å²) in [5, 5.41) is 15.9. The van der Waals surface area contributed by atoms with Gasteiger partial charge in [-0.2, -0.15) is 9.61 Å². The van der Waals surface area contributed by atoms with Crippen molar-refractivity contribution in [1.82, 2.24) is 19.8 Å². The molecule has 0 aliphatic heterocycles. The predicted octanol–water partition coefficient (Wildman–Crippen LogP) is 1.34. The minimum absolute atomic E-state index is 0.615. The van der Waals surface area contributed by atoms with E-state index in [2.05, 4.69) is 26.7 Å². The molecule has 0 saturated carbocycles. The monoisotopic (exact) mass is 265 g/mol. The summed E-state index contributed by atoms with van der Waals surface area (Å²) in [4.78, 5) is 2.12. The summed E-state index contributed by atoms with van der Waals surface area (Å²) in [7, 11) is 0. The van der Waals surface area contributed by atoms with Crippen molar-refractivity contribution < 1.29 is 0 Å². The zero-order valence-electron chi connectivity index (χ0n) is 9.04. The fraction of sp³-hybridized carbons (Fsp3) is 0.300. The molecule has 0 atom stereocenters. The molecular formula is C10H11N5S2. The Kier molecular flexibility index (Phi) is 2.87. The number of nitrogens with two attached hydrogens (primary N) is 1. The average Bonchev–Trinajstić information content (AvgIpc) is 2.98. The van der Waals surface area contributed by atoms with Gasteiger partial charge in [0.05, 0.1) is 0 Å². The third kappa shape index (κ3) is 2.08. The fourth-order valence-electron chi connectivity index (χ4n) is 1.60. The molecule has 3 aromatic heterocycles. The molecule has 0 fully saturated rings. The fourth-order valence-corrected chi connectivity index (χ4v) is 3.17. The maximum absolute atomic E-state index is 5.52. The molecule has 0 saturated heterocycles. The Morgan fingerprint density at radius 2 is 2.29 bits per heavy atom. The van der Waals surface area contributed by atoms with E-state index in [9.17, 15) is 0 Å². The third-order valence-corrected chi connectivity index (χ3v) is 4.20. The van der Waals surface area contributed by atoms with Crippen molar-refractivity contribution in [2.45, 2.75) is 12.8 Å². The molecule has 0 amide bonds. The number of rotatable bonds is 4. The predicted molar refractivity (Wildman–Crippen MR) is 68.5 cm³/mol. The van der Waals surface area contributed by atoms with Crippen molar-refractivity contribution >= 4 is 27.6 Å². The summed E-state index contributed by atoms with van der Waals surface area (Å²) in [6.07, 6.45) is 1.58. The van der Waals surface area contributed by atoms with Crippen LogP contribution in [0.3, 0.4) is 0 Å². The van der Waals surface area contributed by atoms with E-state index in [1.807, 2.05) is 10.6 Å². The van der Waals surface area contributed by atoms with Crippen LogP contribution in [0.1, 0.15) is 15.7 Å². The SMILES string of the molecule is NCCc1nn2c(Cc3cccs3)nnc2s1. The Morgan fingerprint density at radius 3 is 3.06 bits per heavy atom. The zero-order chi connectivity index (χ0) is 11.7. The minimum atomic E-state index is 0.615. The average molecular weight is 265 g/mol. The smallest absolute Gasteiger partial charge is 0.234 e. The quantitative estimate of drug-likeness (QED) is 0.773. The molecule has 3 heterocycles. The van der Waals surface area contributed by atoms with E-state index in [0.29, 0.717) is 6.54 Å². The van der Waals surface area contributed by atoms with Crippen LogP contribution in [0, 0.1) is 0 Å². The van der Waals surface area contributed by atoms with Crippen LogP contribution in [0.15, 0.2) is 17.5 Å². The lowest BCUT2D eigenvalue weighted by Crippen LogP contribution is -2.03. The van der Waals surface area contributed by atoms with Crippen molar-refractivity contribution in [2.75, 3.05) is 6.54 Å². The lowest BCUT2D eigenvalue weighted by molar-refractivity contribution is 0.817. The van der Waals surface area contributed by atoms with Gasteiger partial charge in [0.15, 0.2) is 5.82 Å². The van der Waals surface area contributed by atoms with Gasteiger partial charge in [0.2, 0.25) is 4.96 Å². The first-order chi connectivity index (χ1) is 8.36. The molecule has 88 valence electrons. The molecule has 17 heavy (non-hydrogen) atoms. The normalized spacial score (nSPS) is 11.4. The standard InChI is InChI=1S/C10H11N5S2/c11-4-3-9-14-15-8(12-13-10(15)17-9)6-7-2-1-5-16-7/h1-2,5H,3-4,6,11H2. The first kappa shape index (κ1) is 10.8. The van der Waals surface area contributed by atoms with Crippen LogP contribution in [0.25, 0.3) is 4.96 Å². The van der Waals surface area contributed by atoms with Crippen molar-refractivity contribution in [3.05, 3.63) is 33.2 Å². The number of aromatic nitrogens is 4. The van der Waals surface area contributed by atoms with Crippen LogP contribution < -0.4 is 5.73 Å². The van der Waals surface area contributed by atoms with Gasteiger partial charge in [-0.25, -0.2) is 0 Å². The Bertz CT molecular complexity index is 610. The van der Waals surface area contributed by atoms with Crippen molar-refractivity contribution in [3.63, 3.8) is 0 Å². The Balaban J connectivity index is 1.93. The first-order valence-corrected chi connectivity index (χ1v) is 6.99. The van der Waals surface area contributed by atoms with Crippen LogP contribution in [-0.4, -0.2) is 26.4 Å². The molecule has 3 rings (SSSR count). The molecule has 0 aromatic carbocycles. The molecule has 0 radical (unpaired) electrons. The van der Waals surface area contributed by atoms with Crippen LogP contribution in [-0.2, 0) is 12.8 Å². The van der Waals surface area contributed by atoms with Gasteiger partial charge in [0, 0.05) is 17.7 Å². The zero-order valence-corrected chi connectivity index (χ0v) is 10.7. The Hall–Kier alpha value is -1.31. The van der Waals surface area contributed by atoms with E-state index in [-0.39, 0.29) is 0 Å². The molecule has 2 N–H and O–H groups in total. The van der Waals surface area contributed by atoms with Gasteiger partial charge in [0.25, 0.3) is 0 Å². The second-order valence-corrected chi connectivity index (χ2v) is 5.67. The number of thiophene rings is 1. The van der Waals surface area contributed by atoms with Crippen molar-refractivity contribution in [2.24, 2.45) is 5.73 Å². The number of hydrogen-bond acceptors (Lipinski definition) is 6. The first-order valence-electron chi connectivity index (χ1n) is 5.29. The van der Waals surface area contributed by atoms with E-state index in [4.69, 9.17) is 5.73 Å². The van der Waals surface area contributed by atoms with E-state index in [1.165, 1.54) is 4.88 Å². The van der Waals surface area contributed by atoms with Gasteiger partial charge < -0.3 is 5.73 Å². The van der Waals surface area contributed by atoms with Crippen LogP contribution >= 0.6 is 22.7 Å². The highest BCUT2D eigenvalue weighted by Crippen LogP contribution is 2.18. The molecule has 3 aromatic rings. The molecule has 0 aliphatic carbocycles. The molecular weight excluding hydrogens is 254 g/mol. The van der Waals surface area contributed by atoms with E-state index < -0.39 is 0 Å². The lowest BCUT2D eigenvalue weighted by atomic mass is 10.3. The topological polar surface area (TPSA) is 69.1 Å². The van der Waals surface area contributed by atoms with Gasteiger partial charge in [-0.1, -0.05) is 17.4 Å². The number of hydrogen-bond donors (Lipinski definition) is 1. The van der Waals surface area contributed by atoms with E-state index in [1.54, 1.807) is 22.7 Å². The van der Waals surface area contributed by atoms with Crippen molar-refractivity contribution in [3.8, 4) is 0 Å². The van der Waals surface area contributed by atoms with Gasteiger partial charge in [0.1, 0.15) is 5.01 Å². The molecule has 0 spiro atoms. The molecule has 0 aliphatic rings. The van der Waals surface area contributed by atoms with E-state index in [0.717, 1.165) is 28.6 Å². The summed E-state index contributed by atoms with van der Waals surface area (Å²) in [6, 6.07) is 4.14. The van der Waals surface area contributed by atoms with Gasteiger partial charge >= 0.3 is 0 Å². The Labute approximate surface area is 106 Å². The summed E-state index contributed by atoms with van der Waals surface area (Å²) >= 11 is 3.28. The van der Waals surface area contributed by atoms with Gasteiger partial charge in [-0.15, -0.1) is 21.5 Å². The van der Waals surface area contributed by atoms with Crippen molar-refractivity contribution in [1.29, 1.82) is 0 Å². The molecule has 0 unspecified atom stereocenters. The highest BCUT2D eigenvalue weighted by Gasteiger charge is 2.11. The van der Waals surface area contributed by atoms with Crippen LogP contribution in [0.5, 0.6) is 0 Å².